The Kier molecular flexibility index (Phi) is 11.6. The van der Waals surface area contributed by atoms with Crippen molar-refractivity contribution in [1.29, 1.82) is 0 Å². The van der Waals surface area contributed by atoms with E-state index >= 15 is 0 Å². The molecule has 0 aromatic heterocycles. The zero-order chi connectivity index (χ0) is 43.2. The second-order valence-electron chi connectivity index (χ2n) is 20.9. The van der Waals surface area contributed by atoms with Crippen molar-refractivity contribution in [2.45, 2.75) is 142 Å². The van der Waals surface area contributed by atoms with Gasteiger partial charge < -0.3 is 9.80 Å². The van der Waals surface area contributed by atoms with Crippen molar-refractivity contribution in [1.82, 2.24) is 0 Å². The number of benzene rings is 7. The first-order valence-electron chi connectivity index (χ1n) is 23.8. The van der Waals surface area contributed by atoms with Crippen LogP contribution < -0.4 is 9.80 Å². The molecule has 0 atom stereocenters. The summed E-state index contributed by atoms with van der Waals surface area (Å²) in [7, 11) is 0. The Bertz CT molecular complexity index is 2450. The fraction of sp³-hybridized carbons (Fsp3) is 0.367. The van der Waals surface area contributed by atoms with Gasteiger partial charge in [0.2, 0.25) is 0 Å². The summed E-state index contributed by atoms with van der Waals surface area (Å²) >= 11 is 0. The smallest absolute Gasteiger partial charge is 0.0620 e. The first kappa shape index (κ1) is 42.0. The molecule has 7 aromatic carbocycles. The second-order valence-corrected chi connectivity index (χ2v) is 20.9. The van der Waals surface area contributed by atoms with E-state index in [0.717, 1.165) is 0 Å². The molecule has 2 aliphatic rings. The van der Waals surface area contributed by atoms with Crippen molar-refractivity contribution in [2.24, 2.45) is 0 Å². The Hall–Kier alpha value is -5.34. The summed E-state index contributed by atoms with van der Waals surface area (Å²) in [6.07, 6.45) is 13.0. The third kappa shape index (κ3) is 8.43. The SMILES string of the molecule is Cc1ccc(N(c2ccc(C(C)(C)C)cc2)c2c3ccc(C4CCCCC4)cc3c(N(c3ccc(C)cc3)c3ccc(C(C)(C)C)cc3)c3ccc(C4CCCCC4)cc23)cc1. The predicted octanol–water partition coefficient (Wildman–Crippen LogP) is 18.2. The highest BCUT2D eigenvalue weighted by Crippen LogP contribution is 2.53. The van der Waals surface area contributed by atoms with Gasteiger partial charge in [0, 0.05) is 44.3 Å². The average Bonchev–Trinajstić information content (AvgIpc) is 3.28. The van der Waals surface area contributed by atoms with Crippen LogP contribution in [-0.4, -0.2) is 0 Å². The number of aryl methyl sites for hydroxylation is 2. The lowest BCUT2D eigenvalue weighted by atomic mass is 9.81. The molecule has 2 saturated carbocycles. The number of rotatable bonds is 8. The summed E-state index contributed by atoms with van der Waals surface area (Å²) in [4.78, 5) is 5.17. The summed E-state index contributed by atoms with van der Waals surface area (Å²) in [6, 6.07) is 52.5. The van der Waals surface area contributed by atoms with Gasteiger partial charge in [-0.25, -0.2) is 0 Å². The molecule has 0 bridgehead atoms. The maximum Gasteiger partial charge on any atom is 0.0620 e. The van der Waals surface area contributed by atoms with Crippen LogP contribution in [0.5, 0.6) is 0 Å². The van der Waals surface area contributed by atoms with Crippen LogP contribution in [0.15, 0.2) is 133 Å². The molecule has 2 nitrogen and oxygen atoms in total. The lowest BCUT2D eigenvalue weighted by Gasteiger charge is -2.34. The van der Waals surface area contributed by atoms with Gasteiger partial charge in [0.25, 0.3) is 0 Å². The molecule has 318 valence electrons. The van der Waals surface area contributed by atoms with Crippen LogP contribution in [0.4, 0.5) is 34.1 Å². The van der Waals surface area contributed by atoms with Crippen molar-refractivity contribution in [3.05, 3.63) is 167 Å². The number of anilines is 6. The maximum absolute atomic E-state index is 2.61. The van der Waals surface area contributed by atoms with E-state index in [-0.39, 0.29) is 10.8 Å². The Morgan fingerprint density at radius 1 is 0.355 bits per heavy atom. The van der Waals surface area contributed by atoms with E-state index in [1.54, 1.807) is 0 Å². The highest BCUT2D eigenvalue weighted by atomic mass is 15.2. The highest BCUT2D eigenvalue weighted by molar-refractivity contribution is 6.23. The molecule has 0 heterocycles. The molecule has 0 unspecified atom stereocenters. The minimum atomic E-state index is 0.0587. The molecule has 0 N–H and O–H groups in total. The normalized spacial score (nSPS) is 15.6. The zero-order valence-corrected chi connectivity index (χ0v) is 38.8. The zero-order valence-electron chi connectivity index (χ0n) is 38.8. The second kappa shape index (κ2) is 17.1. The first-order valence-corrected chi connectivity index (χ1v) is 23.8. The van der Waals surface area contributed by atoms with E-state index in [9.17, 15) is 0 Å². The highest BCUT2D eigenvalue weighted by Gasteiger charge is 2.29. The standard InChI is InChI=1S/C60H68N2/c1-41-19-29-49(30-20-41)61(51-33-25-47(26-34-51)59(3,4)5)57-53-37-23-46(44-17-13-10-14-18-44)40-56(53)58(54-38-24-45(39-55(54)57)43-15-11-9-12-16-43)62(50-31-21-42(2)22-32-50)52-35-27-48(28-36-52)60(6,7)8/h19-40,43-44H,9-18H2,1-8H3. The molecule has 0 amide bonds. The number of hydrogen-bond donors (Lipinski definition) is 0. The van der Waals surface area contributed by atoms with Crippen LogP contribution in [0.25, 0.3) is 21.5 Å². The van der Waals surface area contributed by atoms with Gasteiger partial charge in [0.05, 0.1) is 11.4 Å². The van der Waals surface area contributed by atoms with Crippen LogP contribution >= 0.6 is 0 Å². The van der Waals surface area contributed by atoms with Gasteiger partial charge >= 0.3 is 0 Å². The summed E-state index contributed by atoms with van der Waals surface area (Å²) < 4.78 is 0. The number of fused-ring (bicyclic) bond motifs is 2. The van der Waals surface area contributed by atoms with Crippen molar-refractivity contribution in [2.75, 3.05) is 9.80 Å². The van der Waals surface area contributed by atoms with Crippen LogP contribution in [-0.2, 0) is 10.8 Å². The van der Waals surface area contributed by atoms with E-state index in [4.69, 9.17) is 0 Å². The van der Waals surface area contributed by atoms with Gasteiger partial charge in [0.1, 0.15) is 0 Å². The molecule has 2 heteroatoms. The molecule has 62 heavy (non-hydrogen) atoms. The third-order valence-electron chi connectivity index (χ3n) is 14.3. The maximum atomic E-state index is 2.61. The molecule has 0 saturated heterocycles. The van der Waals surface area contributed by atoms with Crippen molar-refractivity contribution >= 4 is 55.7 Å². The first-order chi connectivity index (χ1) is 29.8. The van der Waals surface area contributed by atoms with Crippen LogP contribution in [0.1, 0.15) is 151 Å². The molecule has 2 aliphatic carbocycles. The molecular formula is C60H68N2. The van der Waals surface area contributed by atoms with Gasteiger partial charge in [-0.15, -0.1) is 0 Å². The topological polar surface area (TPSA) is 6.48 Å². The monoisotopic (exact) mass is 817 g/mol. The molecular weight excluding hydrogens is 749 g/mol. The van der Waals surface area contributed by atoms with Crippen molar-refractivity contribution < 1.29 is 0 Å². The van der Waals surface area contributed by atoms with Gasteiger partial charge in [-0.05, 0) is 145 Å². The van der Waals surface area contributed by atoms with Gasteiger partial charge in [-0.2, -0.15) is 0 Å². The van der Waals surface area contributed by atoms with E-state index in [0.29, 0.717) is 11.8 Å². The minimum Gasteiger partial charge on any atom is -0.309 e. The van der Waals surface area contributed by atoms with Crippen LogP contribution in [0.2, 0.25) is 0 Å². The van der Waals surface area contributed by atoms with Gasteiger partial charge in [0.15, 0.2) is 0 Å². The van der Waals surface area contributed by atoms with E-state index < -0.39 is 0 Å². The molecule has 7 aromatic rings. The quantitative estimate of drug-likeness (QED) is 0.111. The largest absolute Gasteiger partial charge is 0.309 e. The summed E-state index contributed by atoms with van der Waals surface area (Å²) in [6.45, 7) is 18.3. The van der Waals surface area contributed by atoms with Crippen LogP contribution in [0, 0.1) is 13.8 Å². The lowest BCUT2D eigenvalue weighted by molar-refractivity contribution is 0.444. The summed E-state index contributed by atoms with van der Waals surface area (Å²) in [5.74, 6) is 1.15. The Labute approximate surface area is 373 Å². The lowest BCUT2D eigenvalue weighted by Crippen LogP contribution is -2.16. The minimum absolute atomic E-state index is 0.0587. The number of nitrogens with zero attached hydrogens (tertiary/aromatic N) is 2. The molecule has 0 spiro atoms. The molecule has 0 radical (unpaired) electrons. The van der Waals surface area contributed by atoms with Gasteiger partial charge in [-0.1, -0.05) is 164 Å². The molecule has 0 aliphatic heterocycles. The van der Waals surface area contributed by atoms with Gasteiger partial charge in [-0.3, -0.25) is 0 Å². The molecule has 2 fully saturated rings. The third-order valence-corrected chi connectivity index (χ3v) is 14.3. The Balaban J connectivity index is 1.41. The number of hydrogen-bond acceptors (Lipinski definition) is 2. The Morgan fingerprint density at radius 3 is 0.968 bits per heavy atom. The Morgan fingerprint density at radius 2 is 0.661 bits per heavy atom. The fourth-order valence-corrected chi connectivity index (χ4v) is 10.5. The van der Waals surface area contributed by atoms with Crippen molar-refractivity contribution in [3.63, 3.8) is 0 Å². The van der Waals surface area contributed by atoms with Crippen LogP contribution in [0.3, 0.4) is 0 Å². The van der Waals surface area contributed by atoms with E-state index in [1.807, 2.05) is 0 Å². The molecule has 9 rings (SSSR count). The predicted molar refractivity (Wildman–Crippen MR) is 269 cm³/mol. The average molecular weight is 817 g/mol. The summed E-state index contributed by atoms with van der Waals surface area (Å²) in [5, 5.41) is 5.20. The fourth-order valence-electron chi connectivity index (χ4n) is 10.5. The van der Waals surface area contributed by atoms with E-state index in [1.165, 1.54) is 153 Å². The van der Waals surface area contributed by atoms with E-state index in [2.05, 4.69) is 199 Å². The summed E-state index contributed by atoms with van der Waals surface area (Å²) in [5.41, 5.74) is 15.6. The van der Waals surface area contributed by atoms with Crippen molar-refractivity contribution in [3.8, 4) is 0 Å².